The van der Waals surface area contributed by atoms with E-state index >= 15 is 0 Å². The van der Waals surface area contributed by atoms with Gasteiger partial charge in [-0.25, -0.2) is 8.42 Å². The number of sulfonamides is 1. The molecule has 0 N–H and O–H groups in total. The van der Waals surface area contributed by atoms with Crippen LogP contribution in [0.1, 0.15) is 45.0 Å². The van der Waals surface area contributed by atoms with E-state index in [1.54, 1.807) is 29.2 Å². The largest absolute Gasteiger partial charge is 0.372 e. The average molecular weight is 430 g/mol. The highest BCUT2D eigenvalue weighted by Crippen LogP contribution is 2.38. The summed E-state index contributed by atoms with van der Waals surface area (Å²) >= 11 is 0. The molecule has 0 radical (unpaired) electrons. The van der Waals surface area contributed by atoms with Crippen LogP contribution in [-0.2, 0) is 14.8 Å². The van der Waals surface area contributed by atoms with Crippen molar-refractivity contribution in [2.24, 2.45) is 0 Å². The monoisotopic (exact) mass is 429 g/mol. The van der Waals surface area contributed by atoms with Gasteiger partial charge in [0.25, 0.3) is 0 Å². The number of anilines is 1. The highest BCUT2D eigenvalue weighted by atomic mass is 32.2. The van der Waals surface area contributed by atoms with Crippen LogP contribution in [0.3, 0.4) is 0 Å². The Labute approximate surface area is 180 Å². The van der Waals surface area contributed by atoms with Crippen molar-refractivity contribution in [3.8, 4) is 0 Å². The Kier molecular flexibility index (Phi) is 6.53. The molecular weight excluding hydrogens is 398 g/mol. The van der Waals surface area contributed by atoms with Crippen LogP contribution in [0.25, 0.3) is 0 Å². The number of benzene rings is 2. The molecule has 0 unspecified atom stereocenters. The van der Waals surface area contributed by atoms with Crippen molar-refractivity contribution < 1.29 is 13.2 Å². The second-order valence-electron chi connectivity index (χ2n) is 7.80. The van der Waals surface area contributed by atoms with Gasteiger partial charge < -0.3 is 9.80 Å². The molecule has 0 saturated carbocycles. The molecule has 0 aromatic heterocycles. The number of carbonyl (C=O) groups is 1. The maximum absolute atomic E-state index is 13.5. The minimum Gasteiger partial charge on any atom is -0.372 e. The quantitative estimate of drug-likeness (QED) is 0.701. The maximum Gasteiger partial charge on any atom is 0.245 e. The molecule has 1 aliphatic heterocycles. The topological polar surface area (TPSA) is 60.9 Å². The Morgan fingerprint density at radius 3 is 2.10 bits per heavy atom. The number of amides is 1. The first kappa shape index (κ1) is 22.3. The molecule has 2 aromatic rings. The van der Waals surface area contributed by atoms with Crippen LogP contribution in [0.4, 0.5) is 5.69 Å². The molecule has 0 aliphatic carbocycles. The van der Waals surface area contributed by atoms with E-state index in [1.165, 1.54) is 11.2 Å². The molecule has 1 saturated heterocycles. The Bertz CT molecular complexity index is 983. The molecule has 1 aliphatic rings. The van der Waals surface area contributed by atoms with Crippen LogP contribution < -0.4 is 4.90 Å². The Balaban J connectivity index is 2.05. The number of hydrogen-bond acceptors (Lipinski definition) is 4. The zero-order valence-corrected chi connectivity index (χ0v) is 19.2. The van der Waals surface area contributed by atoms with Gasteiger partial charge in [0.1, 0.15) is 6.17 Å². The smallest absolute Gasteiger partial charge is 0.245 e. The maximum atomic E-state index is 13.5. The molecular formula is C23H31N3O3S. The molecule has 2 atom stereocenters. The molecule has 3 rings (SSSR count). The summed E-state index contributed by atoms with van der Waals surface area (Å²) in [6, 6.07) is 14.5. The van der Waals surface area contributed by atoms with Crippen molar-refractivity contribution in [1.82, 2.24) is 9.21 Å². The first-order valence-corrected chi connectivity index (χ1v) is 11.9. The van der Waals surface area contributed by atoms with Crippen LogP contribution >= 0.6 is 0 Å². The summed E-state index contributed by atoms with van der Waals surface area (Å²) in [4.78, 5) is 16.6. The SMILES string of the molecule is CCN(CC)c1ccc([C@H]2N(C(C)=O)[C@H](C)CN2S(=O)(=O)c2ccc(C)cc2)cc1. The molecule has 2 aromatic carbocycles. The normalized spacial score (nSPS) is 19.8. The van der Waals surface area contributed by atoms with E-state index in [2.05, 4.69) is 18.7 Å². The Morgan fingerprint density at radius 1 is 1.03 bits per heavy atom. The number of aryl methyl sites for hydroxylation is 1. The minimum absolute atomic E-state index is 0.137. The lowest BCUT2D eigenvalue weighted by Gasteiger charge is -2.31. The molecule has 30 heavy (non-hydrogen) atoms. The van der Waals surface area contributed by atoms with Gasteiger partial charge in [0.15, 0.2) is 0 Å². The molecule has 7 heteroatoms. The highest BCUT2D eigenvalue weighted by molar-refractivity contribution is 7.89. The number of carbonyl (C=O) groups excluding carboxylic acids is 1. The van der Waals surface area contributed by atoms with Crippen molar-refractivity contribution in [1.29, 1.82) is 0 Å². The van der Waals surface area contributed by atoms with Gasteiger partial charge in [0.05, 0.1) is 4.90 Å². The Morgan fingerprint density at radius 2 is 1.60 bits per heavy atom. The molecule has 162 valence electrons. The summed E-state index contributed by atoms with van der Waals surface area (Å²) in [6.07, 6.45) is -0.658. The number of hydrogen-bond donors (Lipinski definition) is 0. The van der Waals surface area contributed by atoms with E-state index in [9.17, 15) is 13.2 Å². The van der Waals surface area contributed by atoms with Gasteiger partial charge in [-0.15, -0.1) is 0 Å². The van der Waals surface area contributed by atoms with Crippen LogP contribution in [0, 0.1) is 6.92 Å². The first-order chi connectivity index (χ1) is 14.2. The molecule has 6 nitrogen and oxygen atoms in total. The molecule has 1 fully saturated rings. The van der Waals surface area contributed by atoms with Crippen LogP contribution in [0.2, 0.25) is 0 Å². The van der Waals surface area contributed by atoms with Crippen LogP contribution in [0.15, 0.2) is 53.4 Å². The van der Waals surface area contributed by atoms with Gasteiger partial charge >= 0.3 is 0 Å². The zero-order chi connectivity index (χ0) is 22.1. The van der Waals surface area contributed by atoms with Crippen molar-refractivity contribution in [2.75, 3.05) is 24.5 Å². The van der Waals surface area contributed by atoms with E-state index in [0.717, 1.165) is 29.9 Å². The van der Waals surface area contributed by atoms with Gasteiger partial charge in [0.2, 0.25) is 15.9 Å². The van der Waals surface area contributed by atoms with E-state index in [1.807, 2.05) is 38.1 Å². The van der Waals surface area contributed by atoms with Gasteiger partial charge in [-0.05, 0) is 57.5 Å². The van der Waals surface area contributed by atoms with Crippen LogP contribution in [0.5, 0.6) is 0 Å². The fourth-order valence-corrected chi connectivity index (χ4v) is 5.81. The van der Waals surface area contributed by atoms with Crippen LogP contribution in [-0.4, -0.2) is 49.2 Å². The van der Waals surface area contributed by atoms with Crippen molar-refractivity contribution in [3.05, 3.63) is 59.7 Å². The van der Waals surface area contributed by atoms with Gasteiger partial charge in [0, 0.05) is 38.3 Å². The van der Waals surface area contributed by atoms with E-state index in [-0.39, 0.29) is 23.4 Å². The third kappa shape index (κ3) is 4.09. The summed E-state index contributed by atoms with van der Waals surface area (Å²) in [5, 5.41) is 0. The van der Waals surface area contributed by atoms with Crippen molar-refractivity contribution in [2.45, 2.75) is 51.7 Å². The van der Waals surface area contributed by atoms with Gasteiger partial charge in [-0.1, -0.05) is 29.8 Å². The van der Waals surface area contributed by atoms with E-state index in [0.29, 0.717) is 0 Å². The standard InChI is InChI=1S/C23H31N3O3S/c1-6-24(7-2)21-12-10-20(11-13-21)23-25(16-18(4)26(23)19(5)27)30(28,29)22-14-8-17(3)9-15-22/h8-15,18,23H,6-7,16H2,1-5H3/t18-,23-/m1/s1. The average Bonchev–Trinajstić information content (AvgIpc) is 3.08. The molecule has 1 amide bonds. The molecule has 0 bridgehead atoms. The summed E-state index contributed by atoms with van der Waals surface area (Å²) in [5.74, 6) is -0.137. The summed E-state index contributed by atoms with van der Waals surface area (Å²) in [7, 11) is -3.76. The fraction of sp³-hybridized carbons (Fsp3) is 0.435. The first-order valence-electron chi connectivity index (χ1n) is 10.4. The summed E-state index contributed by atoms with van der Waals surface area (Å²) in [6.45, 7) is 11.6. The zero-order valence-electron chi connectivity index (χ0n) is 18.4. The number of rotatable bonds is 6. The van der Waals surface area contributed by atoms with E-state index in [4.69, 9.17) is 0 Å². The van der Waals surface area contributed by atoms with Gasteiger partial charge in [-0.3, -0.25) is 4.79 Å². The predicted molar refractivity (Wildman–Crippen MR) is 120 cm³/mol. The Hall–Kier alpha value is -2.38. The third-order valence-electron chi connectivity index (χ3n) is 5.77. The van der Waals surface area contributed by atoms with Crippen molar-refractivity contribution in [3.63, 3.8) is 0 Å². The number of nitrogens with zero attached hydrogens (tertiary/aromatic N) is 3. The minimum atomic E-state index is -3.76. The second kappa shape index (κ2) is 8.78. The predicted octanol–water partition coefficient (Wildman–Crippen LogP) is 3.78. The third-order valence-corrected chi connectivity index (χ3v) is 7.60. The lowest BCUT2D eigenvalue weighted by atomic mass is 10.1. The molecule has 0 spiro atoms. The second-order valence-corrected chi connectivity index (χ2v) is 9.69. The molecule has 1 heterocycles. The van der Waals surface area contributed by atoms with Gasteiger partial charge in [-0.2, -0.15) is 4.31 Å². The lowest BCUT2D eigenvalue weighted by Crippen LogP contribution is -2.38. The lowest BCUT2D eigenvalue weighted by molar-refractivity contribution is -0.132. The highest BCUT2D eigenvalue weighted by Gasteiger charge is 2.46. The van der Waals surface area contributed by atoms with E-state index < -0.39 is 16.2 Å². The fourth-order valence-electron chi connectivity index (χ4n) is 4.16. The summed E-state index contributed by atoms with van der Waals surface area (Å²) < 4.78 is 28.4. The van der Waals surface area contributed by atoms with Crippen molar-refractivity contribution >= 4 is 21.6 Å². The summed E-state index contributed by atoms with van der Waals surface area (Å²) in [5.41, 5.74) is 2.87.